The summed E-state index contributed by atoms with van der Waals surface area (Å²) < 4.78 is 22.3. The summed E-state index contributed by atoms with van der Waals surface area (Å²) in [5, 5.41) is 2.72. The molecule has 1 aliphatic rings. The number of ketones is 1. The number of carbonyl (C=O) groups is 1. The van der Waals surface area contributed by atoms with E-state index in [-0.39, 0.29) is 17.4 Å². The van der Waals surface area contributed by atoms with Crippen molar-refractivity contribution in [1.29, 1.82) is 0 Å². The molecule has 2 rings (SSSR count). The molecule has 14 heavy (non-hydrogen) atoms. The highest BCUT2D eigenvalue weighted by atomic mass is 32.2. The third kappa shape index (κ3) is 1.37. The highest BCUT2D eigenvalue weighted by Crippen LogP contribution is 2.21. The van der Waals surface area contributed by atoms with Gasteiger partial charge in [0.05, 0.1) is 12.1 Å². The van der Waals surface area contributed by atoms with Crippen LogP contribution in [0.15, 0.2) is 17.2 Å². The molecule has 0 unspecified atom stereocenters. The van der Waals surface area contributed by atoms with Crippen molar-refractivity contribution < 1.29 is 13.2 Å². The zero-order chi connectivity index (χ0) is 10.3. The van der Waals surface area contributed by atoms with Gasteiger partial charge in [0.2, 0.25) is 0 Å². The monoisotopic (exact) mass is 212 g/mol. The van der Waals surface area contributed by atoms with E-state index in [2.05, 4.69) is 10.3 Å². The Balaban J connectivity index is 2.58. The molecule has 0 atom stereocenters. The van der Waals surface area contributed by atoms with Crippen LogP contribution in [0.4, 0.5) is 5.82 Å². The number of aromatic nitrogens is 1. The van der Waals surface area contributed by atoms with E-state index in [1.165, 1.54) is 12.1 Å². The fourth-order valence-corrected chi connectivity index (χ4v) is 1.84. The highest BCUT2D eigenvalue weighted by molar-refractivity contribution is 7.90. The minimum absolute atomic E-state index is 0.0153. The average molecular weight is 212 g/mol. The minimum atomic E-state index is -3.30. The van der Waals surface area contributed by atoms with Gasteiger partial charge in [-0.1, -0.05) is 0 Å². The van der Waals surface area contributed by atoms with Gasteiger partial charge in [-0.3, -0.25) is 4.79 Å². The van der Waals surface area contributed by atoms with Crippen molar-refractivity contribution in [3.63, 3.8) is 0 Å². The number of fused-ring (bicyclic) bond motifs is 1. The van der Waals surface area contributed by atoms with Crippen LogP contribution in [0, 0.1) is 0 Å². The van der Waals surface area contributed by atoms with Crippen molar-refractivity contribution in [3.8, 4) is 0 Å². The molecular weight excluding hydrogens is 204 g/mol. The van der Waals surface area contributed by atoms with Crippen molar-refractivity contribution in [2.75, 3.05) is 18.1 Å². The molecule has 0 saturated carbocycles. The first kappa shape index (κ1) is 9.14. The van der Waals surface area contributed by atoms with Crippen LogP contribution in [0.1, 0.15) is 10.4 Å². The van der Waals surface area contributed by atoms with Crippen LogP contribution in [-0.4, -0.2) is 32.0 Å². The third-order valence-corrected chi connectivity index (χ3v) is 2.95. The zero-order valence-corrected chi connectivity index (χ0v) is 8.26. The van der Waals surface area contributed by atoms with Gasteiger partial charge in [-0.25, -0.2) is 13.4 Å². The summed E-state index contributed by atoms with van der Waals surface area (Å²) in [4.78, 5) is 15.0. The molecule has 1 aromatic rings. The summed E-state index contributed by atoms with van der Waals surface area (Å²) in [5.74, 6) is 0.297. The number of pyridine rings is 1. The summed E-state index contributed by atoms with van der Waals surface area (Å²) in [6.45, 7) is 0.190. The number of hydrogen-bond donors (Lipinski definition) is 1. The molecule has 2 heterocycles. The molecular formula is C8H8N2O3S. The maximum absolute atomic E-state index is 11.2. The van der Waals surface area contributed by atoms with E-state index >= 15 is 0 Å². The molecule has 0 spiro atoms. The first-order chi connectivity index (χ1) is 6.48. The van der Waals surface area contributed by atoms with Gasteiger partial charge in [0, 0.05) is 6.26 Å². The maximum Gasteiger partial charge on any atom is 0.192 e. The zero-order valence-electron chi connectivity index (χ0n) is 7.44. The second-order valence-corrected chi connectivity index (χ2v) is 5.06. The van der Waals surface area contributed by atoms with Gasteiger partial charge in [-0.05, 0) is 12.1 Å². The SMILES string of the molecule is CS(=O)(=O)c1ccc2c(n1)NCC2=O. The molecule has 1 aromatic heterocycles. The molecule has 1 N–H and O–H groups in total. The van der Waals surface area contributed by atoms with Crippen molar-refractivity contribution in [2.24, 2.45) is 0 Å². The first-order valence-corrected chi connectivity index (χ1v) is 5.86. The predicted octanol–water partition coefficient (Wildman–Crippen LogP) is 0.0933. The lowest BCUT2D eigenvalue weighted by Crippen LogP contribution is -2.02. The predicted molar refractivity (Wildman–Crippen MR) is 50.2 cm³/mol. The van der Waals surface area contributed by atoms with Crippen molar-refractivity contribution in [1.82, 2.24) is 4.98 Å². The standard InChI is InChI=1S/C8H8N2O3S/c1-14(12,13)7-3-2-5-6(11)4-9-8(5)10-7/h2-3H,4H2,1H3,(H,9,10). The van der Waals surface area contributed by atoms with E-state index in [1.54, 1.807) is 0 Å². The molecule has 0 aromatic carbocycles. The lowest BCUT2D eigenvalue weighted by Gasteiger charge is -2.00. The molecule has 0 amide bonds. The average Bonchev–Trinajstić information content (AvgIpc) is 2.46. The largest absolute Gasteiger partial charge is 0.362 e. The fourth-order valence-electron chi connectivity index (χ4n) is 1.27. The van der Waals surface area contributed by atoms with Gasteiger partial charge in [-0.2, -0.15) is 0 Å². The second-order valence-electron chi connectivity index (χ2n) is 3.09. The van der Waals surface area contributed by atoms with Crippen LogP contribution in [-0.2, 0) is 9.84 Å². The molecule has 74 valence electrons. The number of hydrogen-bond acceptors (Lipinski definition) is 5. The van der Waals surface area contributed by atoms with E-state index in [0.29, 0.717) is 11.4 Å². The normalized spacial score (nSPS) is 15.1. The number of carbonyl (C=O) groups excluding carboxylic acids is 1. The molecule has 1 aliphatic heterocycles. The number of nitrogens with one attached hydrogen (secondary N) is 1. The summed E-state index contributed by atoms with van der Waals surface area (Å²) in [7, 11) is -3.30. The Hall–Kier alpha value is -1.43. The second kappa shape index (κ2) is 2.78. The van der Waals surface area contributed by atoms with Crippen molar-refractivity contribution in [2.45, 2.75) is 5.03 Å². The molecule has 0 saturated heterocycles. The van der Waals surface area contributed by atoms with E-state index < -0.39 is 9.84 Å². The summed E-state index contributed by atoms with van der Waals surface area (Å²) in [5.41, 5.74) is 0.456. The summed E-state index contributed by atoms with van der Waals surface area (Å²) in [6.07, 6.45) is 1.08. The lowest BCUT2D eigenvalue weighted by atomic mass is 10.2. The third-order valence-electron chi connectivity index (χ3n) is 1.97. The van der Waals surface area contributed by atoms with Gasteiger partial charge >= 0.3 is 0 Å². The van der Waals surface area contributed by atoms with E-state index in [0.717, 1.165) is 6.26 Å². The summed E-state index contributed by atoms with van der Waals surface area (Å²) in [6, 6.07) is 2.83. The quantitative estimate of drug-likeness (QED) is 0.714. The van der Waals surface area contributed by atoms with Crippen LogP contribution < -0.4 is 5.32 Å². The first-order valence-electron chi connectivity index (χ1n) is 3.96. The van der Waals surface area contributed by atoms with Gasteiger partial charge in [0.15, 0.2) is 20.6 Å². The smallest absolute Gasteiger partial charge is 0.192 e. The fraction of sp³-hybridized carbons (Fsp3) is 0.250. The number of anilines is 1. The molecule has 0 bridgehead atoms. The Labute approximate surface area is 81.1 Å². The van der Waals surface area contributed by atoms with Gasteiger partial charge < -0.3 is 5.32 Å². The number of Topliss-reactive ketones (excluding diaryl/α,β-unsaturated/α-hetero) is 1. The lowest BCUT2D eigenvalue weighted by molar-refractivity contribution is 0.101. The van der Waals surface area contributed by atoms with Crippen LogP contribution in [0.5, 0.6) is 0 Å². The number of nitrogens with zero attached hydrogens (tertiary/aromatic N) is 1. The Kier molecular flexibility index (Phi) is 1.81. The van der Waals surface area contributed by atoms with Gasteiger partial charge in [0.25, 0.3) is 0 Å². The number of rotatable bonds is 1. The maximum atomic E-state index is 11.2. The molecule has 0 radical (unpaired) electrons. The van der Waals surface area contributed by atoms with Crippen LogP contribution >= 0.6 is 0 Å². The molecule has 0 aliphatic carbocycles. The molecule has 6 heteroatoms. The molecule has 5 nitrogen and oxygen atoms in total. The van der Waals surface area contributed by atoms with Crippen LogP contribution in [0.25, 0.3) is 0 Å². The Morgan fingerprint density at radius 1 is 1.43 bits per heavy atom. The Bertz CT molecular complexity index is 507. The highest BCUT2D eigenvalue weighted by Gasteiger charge is 2.22. The Morgan fingerprint density at radius 2 is 2.14 bits per heavy atom. The topological polar surface area (TPSA) is 76.1 Å². The van der Waals surface area contributed by atoms with E-state index in [1.807, 2.05) is 0 Å². The van der Waals surface area contributed by atoms with Crippen LogP contribution in [0.3, 0.4) is 0 Å². The van der Waals surface area contributed by atoms with E-state index in [4.69, 9.17) is 0 Å². The number of sulfone groups is 1. The molecule has 0 fully saturated rings. The van der Waals surface area contributed by atoms with E-state index in [9.17, 15) is 13.2 Å². The van der Waals surface area contributed by atoms with Crippen LogP contribution in [0.2, 0.25) is 0 Å². The van der Waals surface area contributed by atoms with Crippen molar-refractivity contribution in [3.05, 3.63) is 17.7 Å². The van der Waals surface area contributed by atoms with Gasteiger partial charge in [0.1, 0.15) is 5.82 Å². The Morgan fingerprint density at radius 3 is 2.79 bits per heavy atom. The van der Waals surface area contributed by atoms with Crippen molar-refractivity contribution >= 4 is 21.4 Å². The minimum Gasteiger partial charge on any atom is -0.362 e. The van der Waals surface area contributed by atoms with Gasteiger partial charge in [-0.15, -0.1) is 0 Å². The summed E-state index contributed by atoms with van der Waals surface area (Å²) >= 11 is 0.